The van der Waals surface area contributed by atoms with E-state index in [1.54, 1.807) is 7.11 Å². The lowest BCUT2D eigenvalue weighted by Gasteiger charge is -2.25. The maximum atomic E-state index is 12.3. The van der Waals surface area contributed by atoms with Crippen molar-refractivity contribution < 1.29 is 14.3 Å². The molecule has 8 heteroatoms. The molecule has 2 N–H and O–H groups in total. The lowest BCUT2D eigenvalue weighted by molar-refractivity contribution is 0.222. The second kappa shape index (κ2) is 7.63. The van der Waals surface area contributed by atoms with E-state index in [2.05, 4.69) is 20.0 Å². The number of aromatic nitrogens is 2. The minimum atomic E-state index is -0.323. The fourth-order valence-corrected chi connectivity index (χ4v) is 3.48. The summed E-state index contributed by atoms with van der Waals surface area (Å²) in [5.41, 5.74) is 1.92. The molecule has 3 aromatic rings. The van der Waals surface area contributed by atoms with E-state index in [-0.39, 0.29) is 12.1 Å². The Balaban J connectivity index is 1.37. The molecule has 2 aromatic carbocycles. The Bertz CT molecular complexity index is 959. The summed E-state index contributed by atoms with van der Waals surface area (Å²) in [6, 6.07) is 14.9. The zero-order chi connectivity index (χ0) is 18.6. The minimum absolute atomic E-state index is 0.0920. The van der Waals surface area contributed by atoms with E-state index in [9.17, 15) is 4.79 Å². The maximum Gasteiger partial charge on any atom is 0.321 e. The van der Waals surface area contributed by atoms with Crippen LogP contribution < -0.4 is 20.1 Å². The highest BCUT2D eigenvalue weighted by Gasteiger charge is 2.21. The van der Waals surface area contributed by atoms with E-state index >= 15 is 0 Å². The van der Waals surface area contributed by atoms with Gasteiger partial charge in [0.05, 0.1) is 13.2 Å². The third kappa shape index (κ3) is 4.01. The summed E-state index contributed by atoms with van der Waals surface area (Å²) in [7, 11) is 1.61. The summed E-state index contributed by atoms with van der Waals surface area (Å²) in [5.74, 6) is 2.15. The Labute approximate surface area is 160 Å². The van der Waals surface area contributed by atoms with Gasteiger partial charge in [-0.1, -0.05) is 30.3 Å². The van der Waals surface area contributed by atoms with Gasteiger partial charge in [-0.3, -0.25) is 5.32 Å². The number of hydrogen-bond acceptors (Lipinski definition) is 6. The van der Waals surface area contributed by atoms with E-state index < -0.39 is 0 Å². The Morgan fingerprint density at radius 2 is 2.15 bits per heavy atom. The quantitative estimate of drug-likeness (QED) is 0.723. The first-order chi connectivity index (χ1) is 13.2. The van der Waals surface area contributed by atoms with E-state index in [0.29, 0.717) is 17.6 Å². The molecule has 0 aliphatic carbocycles. The van der Waals surface area contributed by atoms with Gasteiger partial charge in [0.15, 0.2) is 5.82 Å². The van der Waals surface area contributed by atoms with Crippen LogP contribution in [0, 0.1) is 0 Å². The molecule has 27 heavy (non-hydrogen) atoms. The van der Waals surface area contributed by atoms with Crippen LogP contribution in [0.3, 0.4) is 0 Å². The number of methoxy groups -OCH3 is 1. The normalized spacial score (nSPS) is 15.4. The summed E-state index contributed by atoms with van der Waals surface area (Å²) in [6.45, 7) is 0.440. The SMILES string of the molecule is COc1cccc(-c2nsc(NC(=O)NC3COc4ccccc4C3)n2)c1. The Kier molecular flexibility index (Phi) is 4.88. The van der Waals surface area contributed by atoms with Crippen LogP contribution in [-0.4, -0.2) is 35.1 Å². The largest absolute Gasteiger partial charge is 0.497 e. The highest BCUT2D eigenvalue weighted by Crippen LogP contribution is 2.25. The zero-order valence-corrected chi connectivity index (χ0v) is 15.5. The lowest BCUT2D eigenvalue weighted by Crippen LogP contribution is -2.44. The van der Waals surface area contributed by atoms with Gasteiger partial charge < -0.3 is 14.8 Å². The summed E-state index contributed by atoms with van der Waals surface area (Å²) < 4.78 is 15.2. The van der Waals surface area contributed by atoms with Crippen LogP contribution in [0.4, 0.5) is 9.93 Å². The van der Waals surface area contributed by atoms with Gasteiger partial charge in [-0.15, -0.1) is 0 Å². The van der Waals surface area contributed by atoms with Gasteiger partial charge >= 0.3 is 6.03 Å². The first-order valence-corrected chi connectivity index (χ1v) is 9.25. The Hall–Kier alpha value is -3.13. The standard InChI is InChI=1S/C19H18N4O3S/c1-25-15-7-4-6-13(10-15)17-21-19(27-23-17)22-18(24)20-14-9-12-5-2-3-8-16(12)26-11-14/h2-8,10,14H,9,11H2,1H3,(H2,20,21,22,23,24). The maximum absolute atomic E-state index is 12.3. The fraction of sp³-hybridized carbons (Fsp3) is 0.211. The number of nitrogens with zero attached hydrogens (tertiary/aromatic N) is 2. The van der Waals surface area contributed by atoms with Crippen LogP contribution >= 0.6 is 11.5 Å². The molecule has 0 saturated heterocycles. The van der Waals surface area contributed by atoms with Crippen LogP contribution in [0.25, 0.3) is 11.4 Å². The number of carbonyl (C=O) groups excluding carboxylic acids is 1. The van der Waals surface area contributed by atoms with Gasteiger partial charge in [0.2, 0.25) is 5.13 Å². The van der Waals surface area contributed by atoms with Gasteiger partial charge in [0.25, 0.3) is 0 Å². The smallest absolute Gasteiger partial charge is 0.321 e. The van der Waals surface area contributed by atoms with E-state index in [1.165, 1.54) is 0 Å². The summed E-state index contributed by atoms with van der Waals surface area (Å²) in [6.07, 6.45) is 0.731. The molecule has 0 radical (unpaired) electrons. The third-order valence-corrected chi connectivity index (χ3v) is 4.82. The van der Waals surface area contributed by atoms with Crippen molar-refractivity contribution in [2.75, 3.05) is 19.0 Å². The molecule has 1 atom stereocenters. The third-order valence-electron chi connectivity index (χ3n) is 4.19. The number of hydrogen-bond donors (Lipinski definition) is 2. The number of fused-ring (bicyclic) bond motifs is 1. The first kappa shape index (κ1) is 17.3. The van der Waals surface area contributed by atoms with Gasteiger partial charge in [-0.2, -0.15) is 9.36 Å². The van der Waals surface area contributed by atoms with Crippen LogP contribution in [0.15, 0.2) is 48.5 Å². The molecule has 0 spiro atoms. The number of amides is 2. The summed E-state index contributed by atoms with van der Waals surface area (Å²) in [5, 5.41) is 6.09. The zero-order valence-electron chi connectivity index (χ0n) is 14.6. The number of urea groups is 1. The van der Waals surface area contributed by atoms with Gasteiger partial charge in [-0.05, 0) is 30.2 Å². The van der Waals surface area contributed by atoms with E-state index in [0.717, 1.165) is 40.6 Å². The van der Waals surface area contributed by atoms with Gasteiger partial charge in [0, 0.05) is 17.1 Å². The first-order valence-electron chi connectivity index (χ1n) is 8.47. The predicted octanol–water partition coefficient (Wildman–Crippen LogP) is 3.34. The van der Waals surface area contributed by atoms with Crippen molar-refractivity contribution in [2.45, 2.75) is 12.5 Å². The molecule has 7 nitrogen and oxygen atoms in total. The Morgan fingerprint density at radius 3 is 3.04 bits per heavy atom. The molecule has 0 bridgehead atoms. The summed E-state index contributed by atoms with van der Waals surface area (Å²) >= 11 is 1.13. The average Bonchev–Trinajstić information content (AvgIpc) is 3.16. The molecule has 0 saturated carbocycles. The molecular weight excluding hydrogens is 364 g/mol. The van der Waals surface area contributed by atoms with Gasteiger partial charge in [-0.25, -0.2) is 4.79 Å². The van der Waals surface area contributed by atoms with Crippen molar-refractivity contribution >= 4 is 22.7 Å². The topological polar surface area (TPSA) is 85.4 Å². The molecule has 0 fully saturated rings. The number of rotatable bonds is 4. The van der Waals surface area contributed by atoms with Crippen LogP contribution in [0.5, 0.6) is 11.5 Å². The number of anilines is 1. The van der Waals surface area contributed by atoms with E-state index in [4.69, 9.17) is 9.47 Å². The highest BCUT2D eigenvalue weighted by molar-refractivity contribution is 7.10. The molecular formula is C19H18N4O3S. The molecule has 138 valence electrons. The molecule has 2 amide bonds. The minimum Gasteiger partial charge on any atom is -0.497 e. The van der Waals surface area contributed by atoms with E-state index in [1.807, 2.05) is 48.5 Å². The van der Waals surface area contributed by atoms with Crippen LogP contribution in [0.1, 0.15) is 5.56 Å². The highest BCUT2D eigenvalue weighted by atomic mass is 32.1. The number of ether oxygens (including phenoxy) is 2. The monoisotopic (exact) mass is 382 g/mol. The van der Waals surface area contributed by atoms with Crippen LogP contribution in [0.2, 0.25) is 0 Å². The van der Waals surface area contributed by atoms with Crippen molar-refractivity contribution in [3.63, 3.8) is 0 Å². The number of para-hydroxylation sites is 1. The van der Waals surface area contributed by atoms with Crippen molar-refractivity contribution in [2.24, 2.45) is 0 Å². The second-order valence-electron chi connectivity index (χ2n) is 6.07. The second-order valence-corrected chi connectivity index (χ2v) is 6.83. The molecule has 1 aliphatic heterocycles. The molecule has 1 unspecified atom stereocenters. The number of nitrogens with one attached hydrogen (secondary N) is 2. The fourth-order valence-electron chi connectivity index (χ4n) is 2.89. The predicted molar refractivity (Wildman–Crippen MR) is 103 cm³/mol. The molecule has 4 rings (SSSR count). The van der Waals surface area contributed by atoms with Crippen LogP contribution in [-0.2, 0) is 6.42 Å². The van der Waals surface area contributed by atoms with Crippen molar-refractivity contribution in [1.29, 1.82) is 0 Å². The molecule has 1 aromatic heterocycles. The van der Waals surface area contributed by atoms with Crippen molar-refractivity contribution in [3.05, 3.63) is 54.1 Å². The van der Waals surface area contributed by atoms with Crippen molar-refractivity contribution in [3.8, 4) is 22.9 Å². The van der Waals surface area contributed by atoms with Crippen molar-refractivity contribution in [1.82, 2.24) is 14.7 Å². The molecule has 2 heterocycles. The number of carbonyl (C=O) groups is 1. The molecule has 1 aliphatic rings. The number of benzene rings is 2. The summed E-state index contributed by atoms with van der Waals surface area (Å²) in [4.78, 5) is 16.7. The van der Waals surface area contributed by atoms with Gasteiger partial charge in [0.1, 0.15) is 18.1 Å². The average molecular weight is 382 g/mol. The Morgan fingerprint density at radius 1 is 1.26 bits per heavy atom. The lowest BCUT2D eigenvalue weighted by atomic mass is 10.0.